The second-order valence-corrected chi connectivity index (χ2v) is 5.29. The molecule has 0 radical (unpaired) electrons. The molecule has 0 aliphatic carbocycles. The van der Waals surface area contributed by atoms with Gasteiger partial charge in [0.2, 0.25) is 5.91 Å². The molecule has 0 aliphatic rings. The van der Waals surface area contributed by atoms with E-state index in [-0.39, 0.29) is 6.42 Å². The smallest absolute Gasteiger partial charge is 0.317 e. The number of carboxylic acids is 2. The Morgan fingerprint density at radius 2 is 1.62 bits per heavy atom. The second-order valence-electron chi connectivity index (χ2n) is 5.29. The van der Waals surface area contributed by atoms with Gasteiger partial charge in [0.15, 0.2) is 5.78 Å². The van der Waals surface area contributed by atoms with Crippen LogP contribution in [0.2, 0.25) is 0 Å². The van der Waals surface area contributed by atoms with Crippen molar-refractivity contribution in [3.8, 4) is 0 Å². The van der Waals surface area contributed by atoms with E-state index in [2.05, 4.69) is 10.6 Å². The molecule has 0 saturated heterocycles. The minimum Gasteiger partial charge on any atom is -0.481 e. The van der Waals surface area contributed by atoms with Crippen molar-refractivity contribution in [3.63, 3.8) is 0 Å². The lowest BCUT2D eigenvalue weighted by Crippen LogP contribution is -2.52. The number of rotatable bonds is 10. The number of benzene rings is 1. The summed E-state index contributed by atoms with van der Waals surface area (Å²) < 4.78 is 0. The quantitative estimate of drug-likeness (QED) is 0.466. The van der Waals surface area contributed by atoms with Crippen LogP contribution in [-0.2, 0) is 25.6 Å². The number of hydrogen-bond acceptors (Lipinski definition) is 5. The summed E-state index contributed by atoms with van der Waals surface area (Å²) in [5.74, 6) is -3.45. The molecule has 1 aromatic rings. The fourth-order valence-corrected chi connectivity index (χ4v) is 2.06. The molecule has 0 aromatic heterocycles. The highest BCUT2D eigenvalue weighted by Gasteiger charge is 2.25. The van der Waals surface area contributed by atoms with Crippen LogP contribution in [0.15, 0.2) is 30.3 Å². The van der Waals surface area contributed by atoms with E-state index in [4.69, 9.17) is 10.2 Å². The molecule has 130 valence electrons. The van der Waals surface area contributed by atoms with Gasteiger partial charge in [0.25, 0.3) is 0 Å². The largest absolute Gasteiger partial charge is 0.481 e. The predicted octanol–water partition coefficient (Wildman–Crippen LogP) is -0.180. The molecular formula is C16H20N2O6. The van der Waals surface area contributed by atoms with Crippen molar-refractivity contribution < 1.29 is 29.4 Å². The van der Waals surface area contributed by atoms with E-state index in [1.165, 1.54) is 6.92 Å². The highest BCUT2D eigenvalue weighted by Crippen LogP contribution is 2.05. The number of ketones is 1. The minimum absolute atomic E-state index is 0.206. The Hall–Kier alpha value is -2.74. The molecule has 0 aliphatic heterocycles. The summed E-state index contributed by atoms with van der Waals surface area (Å²) in [5.41, 5.74) is 0.799. The third-order valence-corrected chi connectivity index (χ3v) is 3.28. The summed E-state index contributed by atoms with van der Waals surface area (Å²) in [7, 11) is 0. The van der Waals surface area contributed by atoms with Gasteiger partial charge in [0.1, 0.15) is 0 Å². The molecule has 24 heavy (non-hydrogen) atoms. The molecular weight excluding hydrogens is 316 g/mol. The number of carbonyl (C=O) groups excluding carboxylic acids is 2. The zero-order chi connectivity index (χ0) is 18.1. The van der Waals surface area contributed by atoms with Crippen molar-refractivity contribution in [1.29, 1.82) is 0 Å². The predicted molar refractivity (Wildman–Crippen MR) is 84.4 cm³/mol. The molecule has 2 atom stereocenters. The van der Waals surface area contributed by atoms with Crippen LogP contribution < -0.4 is 10.6 Å². The summed E-state index contributed by atoms with van der Waals surface area (Å²) in [6.07, 6.45) is -0.324. The van der Waals surface area contributed by atoms with Gasteiger partial charge in [0.05, 0.1) is 25.0 Å². The van der Waals surface area contributed by atoms with E-state index in [0.717, 1.165) is 5.56 Å². The van der Waals surface area contributed by atoms with Crippen molar-refractivity contribution in [1.82, 2.24) is 10.6 Å². The van der Waals surface area contributed by atoms with Crippen molar-refractivity contribution in [2.75, 3.05) is 6.54 Å². The lowest BCUT2D eigenvalue weighted by atomic mass is 10.0. The summed E-state index contributed by atoms with van der Waals surface area (Å²) in [6.45, 7) is 0.749. The molecule has 8 heteroatoms. The fraction of sp³-hybridized carbons (Fsp3) is 0.375. The lowest BCUT2D eigenvalue weighted by Gasteiger charge is -2.21. The summed E-state index contributed by atoms with van der Waals surface area (Å²) >= 11 is 0. The molecule has 4 N–H and O–H groups in total. The van der Waals surface area contributed by atoms with Gasteiger partial charge in [-0.1, -0.05) is 30.3 Å². The van der Waals surface area contributed by atoms with Gasteiger partial charge < -0.3 is 15.5 Å². The second kappa shape index (κ2) is 9.41. The van der Waals surface area contributed by atoms with Crippen LogP contribution in [0.5, 0.6) is 0 Å². The third-order valence-electron chi connectivity index (χ3n) is 3.28. The molecule has 0 fully saturated rings. The van der Waals surface area contributed by atoms with Crippen LogP contribution in [0.1, 0.15) is 18.9 Å². The highest BCUT2D eigenvalue weighted by atomic mass is 16.4. The molecule has 0 bridgehead atoms. The zero-order valence-corrected chi connectivity index (χ0v) is 13.2. The maximum absolute atomic E-state index is 12.3. The lowest BCUT2D eigenvalue weighted by molar-refractivity contribution is -0.140. The number of amides is 1. The summed E-state index contributed by atoms with van der Waals surface area (Å²) in [4.78, 5) is 45.3. The zero-order valence-electron chi connectivity index (χ0n) is 13.2. The SMILES string of the molecule is CC(=O)[C@H](CC(=O)O)NC(=O)[C@H](Cc1ccccc1)NCC(=O)O. The van der Waals surface area contributed by atoms with E-state index >= 15 is 0 Å². The Kier molecular flexibility index (Phi) is 7.57. The van der Waals surface area contributed by atoms with Crippen molar-refractivity contribution in [2.45, 2.75) is 31.8 Å². The third kappa shape index (κ3) is 7.01. The molecule has 1 aromatic carbocycles. The molecule has 0 saturated carbocycles. The van der Waals surface area contributed by atoms with Crippen LogP contribution in [0.3, 0.4) is 0 Å². The van der Waals surface area contributed by atoms with Crippen LogP contribution >= 0.6 is 0 Å². The van der Waals surface area contributed by atoms with E-state index < -0.39 is 48.7 Å². The Bertz CT molecular complexity index is 602. The molecule has 0 spiro atoms. The van der Waals surface area contributed by atoms with Crippen molar-refractivity contribution in [2.24, 2.45) is 0 Å². The molecule has 1 amide bonds. The molecule has 0 heterocycles. The van der Waals surface area contributed by atoms with Crippen LogP contribution in [0.25, 0.3) is 0 Å². The normalized spacial score (nSPS) is 12.9. The van der Waals surface area contributed by atoms with Crippen molar-refractivity contribution >= 4 is 23.6 Å². The van der Waals surface area contributed by atoms with Crippen LogP contribution in [-0.4, -0.2) is 52.5 Å². The van der Waals surface area contributed by atoms with Gasteiger partial charge in [-0.2, -0.15) is 0 Å². The van der Waals surface area contributed by atoms with Gasteiger partial charge in [-0.25, -0.2) is 0 Å². The Morgan fingerprint density at radius 1 is 1.00 bits per heavy atom. The highest BCUT2D eigenvalue weighted by molar-refractivity contribution is 5.92. The minimum atomic E-state index is -1.21. The number of aliphatic carboxylic acids is 2. The van der Waals surface area contributed by atoms with E-state index in [0.29, 0.717) is 0 Å². The topological polar surface area (TPSA) is 133 Å². The molecule has 1 rings (SSSR count). The summed E-state index contributed by atoms with van der Waals surface area (Å²) in [6, 6.07) is 6.88. The van der Waals surface area contributed by atoms with Crippen molar-refractivity contribution in [3.05, 3.63) is 35.9 Å². The van der Waals surface area contributed by atoms with Crippen LogP contribution in [0, 0.1) is 0 Å². The Balaban J connectivity index is 2.83. The Labute approximate surface area is 138 Å². The van der Waals surface area contributed by atoms with Gasteiger partial charge in [0, 0.05) is 0 Å². The monoisotopic (exact) mass is 336 g/mol. The standard InChI is InChI=1S/C16H20N2O6/c1-10(19)12(8-14(20)21)18-16(24)13(17-9-15(22)23)7-11-5-3-2-4-6-11/h2-6,12-13,17H,7-9H2,1H3,(H,18,24)(H,20,21)(H,22,23)/t12-,13-/m0/s1. The fourth-order valence-electron chi connectivity index (χ4n) is 2.06. The number of hydrogen-bond donors (Lipinski definition) is 4. The number of nitrogens with one attached hydrogen (secondary N) is 2. The number of Topliss-reactive ketones (excluding diaryl/α,β-unsaturated/α-hetero) is 1. The van der Waals surface area contributed by atoms with E-state index in [9.17, 15) is 19.2 Å². The van der Waals surface area contributed by atoms with E-state index in [1.54, 1.807) is 24.3 Å². The first-order valence-corrected chi connectivity index (χ1v) is 7.31. The van der Waals surface area contributed by atoms with Gasteiger partial charge in [-0.15, -0.1) is 0 Å². The first-order valence-electron chi connectivity index (χ1n) is 7.31. The summed E-state index contributed by atoms with van der Waals surface area (Å²) in [5, 5.41) is 22.5. The maximum atomic E-state index is 12.3. The average molecular weight is 336 g/mol. The number of carbonyl (C=O) groups is 4. The molecule has 8 nitrogen and oxygen atoms in total. The number of carboxylic acid groups (broad SMARTS) is 2. The van der Waals surface area contributed by atoms with Crippen LogP contribution in [0.4, 0.5) is 0 Å². The van der Waals surface area contributed by atoms with E-state index in [1.807, 2.05) is 6.07 Å². The first kappa shape index (κ1) is 19.3. The molecule has 0 unspecified atom stereocenters. The average Bonchev–Trinajstić information content (AvgIpc) is 2.50. The van der Waals surface area contributed by atoms with Gasteiger partial charge in [-0.3, -0.25) is 24.5 Å². The van der Waals surface area contributed by atoms with Gasteiger partial charge >= 0.3 is 11.9 Å². The first-order chi connectivity index (χ1) is 11.3. The van der Waals surface area contributed by atoms with Gasteiger partial charge in [-0.05, 0) is 18.9 Å². The maximum Gasteiger partial charge on any atom is 0.317 e. The Morgan fingerprint density at radius 3 is 2.12 bits per heavy atom.